The average molecular weight is 294 g/mol. The average Bonchev–Trinajstić information content (AvgIpc) is 2.46. The maximum absolute atomic E-state index is 11.5. The molecule has 3 N–H and O–H groups in total. The van der Waals surface area contributed by atoms with Crippen LogP contribution in [0.4, 0.5) is 11.5 Å². The van der Waals surface area contributed by atoms with Crippen molar-refractivity contribution in [2.75, 3.05) is 18.0 Å². The number of piperidine rings is 1. The number of aromatic nitrogens is 1. The van der Waals surface area contributed by atoms with Crippen molar-refractivity contribution in [3.8, 4) is 0 Å². The molecule has 9 nitrogen and oxygen atoms in total. The van der Waals surface area contributed by atoms with E-state index in [1.807, 2.05) is 0 Å². The van der Waals surface area contributed by atoms with Crippen molar-refractivity contribution in [2.24, 2.45) is 11.7 Å². The molecule has 1 unspecified atom stereocenters. The highest BCUT2D eigenvalue weighted by molar-refractivity contribution is 5.98. The number of rotatable bonds is 4. The van der Waals surface area contributed by atoms with E-state index in [2.05, 4.69) is 4.98 Å². The first kappa shape index (κ1) is 14.7. The second-order valence-corrected chi connectivity index (χ2v) is 4.81. The first-order chi connectivity index (χ1) is 9.90. The van der Waals surface area contributed by atoms with Crippen LogP contribution in [0.3, 0.4) is 0 Å². The lowest BCUT2D eigenvalue weighted by molar-refractivity contribution is -0.385. The number of primary amides is 1. The normalized spacial score (nSPS) is 18.3. The predicted octanol–water partition coefficient (Wildman–Crippen LogP) is 0.390. The van der Waals surface area contributed by atoms with Crippen LogP contribution in [0, 0.1) is 16.0 Å². The van der Waals surface area contributed by atoms with Gasteiger partial charge in [0.15, 0.2) is 0 Å². The first-order valence-electron chi connectivity index (χ1n) is 6.32. The highest BCUT2D eigenvalue weighted by Gasteiger charge is 2.29. The van der Waals surface area contributed by atoms with Crippen LogP contribution in [-0.2, 0) is 4.79 Å². The number of carboxylic acids is 1. The van der Waals surface area contributed by atoms with Gasteiger partial charge in [-0.15, -0.1) is 0 Å². The van der Waals surface area contributed by atoms with Crippen molar-refractivity contribution < 1.29 is 19.6 Å². The van der Waals surface area contributed by atoms with Crippen LogP contribution < -0.4 is 10.6 Å². The molecule has 1 aliphatic rings. The molecule has 0 aromatic carbocycles. The number of hydrogen-bond acceptors (Lipinski definition) is 6. The molecule has 1 fully saturated rings. The molecule has 21 heavy (non-hydrogen) atoms. The minimum atomic E-state index is -0.915. The second kappa shape index (κ2) is 5.73. The molecular formula is C12H14N4O5. The van der Waals surface area contributed by atoms with Gasteiger partial charge in [-0.2, -0.15) is 0 Å². The number of amides is 1. The second-order valence-electron chi connectivity index (χ2n) is 4.81. The summed E-state index contributed by atoms with van der Waals surface area (Å²) in [6.07, 6.45) is 2.21. The number of hydrogen-bond donors (Lipinski definition) is 2. The van der Waals surface area contributed by atoms with Gasteiger partial charge < -0.3 is 15.7 Å². The number of anilines is 1. The van der Waals surface area contributed by atoms with Gasteiger partial charge >= 0.3 is 5.97 Å². The van der Waals surface area contributed by atoms with Crippen molar-refractivity contribution in [1.82, 2.24) is 4.98 Å². The Kier molecular flexibility index (Phi) is 4.01. The molecule has 1 amide bonds. The summed E-state index contributed by atoms with van der Waals surface area (Å²) in [5.41, 5.74) is 4.83. The third-order valence-corrected chi connectivity index (χ3v) is 3.40. The van der Waals surface area contributed by atoms with E-state index in [0.29, 0.717) is 19.4 Å². The fourth-order valence-corrected chi connectivity index (χ4v) is 2.35. The Bertz CT molecular complexity index is 603. The topological polar surface area (TPSA) is 140 Å². The molecule has 9 heteroatoms. The van der Waals surface area contributed by atoms with Crippen LogP contribution in [-0.4, -0.2) is 40.0 Å². The molecule has 0 spiro atoms. The summed E-state index contributed by atoms with van der Waals surface area (Å²) in [7, 11) is 0. The van der Waals surface area contributed by atoms with Crippen LogP contribution >= 0.6 is 0 Å². The predicted molar refractivity (Wildman–Crippen MR) is 72.0 cm³/mol. The van der Waals surface area contributed by atoms with E-state index in [0.717, 1.165) is 12.3 Å². The van der Waals surface area contributed by atoms with Gasteiger partial charge in [0.1, 0.15) is 12.0 Å². The van der Waals surface area contributed by atoms with Gasteiger partial charge in [0, 0.05) is 19.2 Å². The van der Waals surface area contributed by atoms with E-state index in [1.165, 1.54) is 0 Å². The maximum Gasteiger partial charge on any atom is 0.308 e. The molecule has 0 bridgehead atoms. The molecule has 1 aliphatic heterocycles. The van der Waals surface area contributed by atoms with Gasteiger partial charge in [-0.3, -0.25) is 19.7 Å². The third kappa shape index (κ3) is 3.07. The number of nitrogens with zero attached hydrogens (tertiary/aromatic N) is 3. The monoisotopic (exact) mass is 294 g/mol. The van der Waals surface area contributed by atoms with Gasteiger partial charge in [0.25, 0.3) is 11.6 Å². The Labute approximate surface area is 119 Å². The van der Waals surface area contributed by atoms with Gasteiger partial charge in [0.2, 0.25) is 0 Å². The molecule has 2 heterocycles. The largest absolute Gasteiger partial charge is 0.481 e. The standard InChI is InChI=1S/C12H14N4O5/c13-10(17)9-4-8(16(20)21)5-14-11(9)15-3-1-2-7(6-15)12(18)19/h4-5,7H,1-3,6H2,(H2,13,17)(H,18,19). The van der Waals surface area contributed by atoms with Crippen molar-refractivity contribution >= 4 is 23.4 Å². The van der Waals surface area contributed by atoms with Crippen LogP contribution in [0.1, 0.15) is 23.2 Å². The smallest absolute Gasteiger partial charge is 0.308 e. The first-order valence-corrected chi connectivity index (χ1v) is 6.32. The minimum Gasteiger partial charge on any atom is -0.481 e. The summed E-state index contributed by atoms with van der Waals surface area (Å²) >= 11 is 0. The number of carbonyl (C=O) groups excluding carboxylic acids is 1. The lowest BCUT2D eigenvalue weighted by Gasteiger charge is -2.32. The summed E-state index contributed by atoms with van der Waals surface area (Å²) in [4.78, 5) is 38.2. The van der Waals surface area contributed by atoms with Crippen molar-refractivity contribution in [1.29, 1.82) is 0 Å². The Morgan fingerprint density at radius 1 is 1.52 bits per heavy atom. The quantitative estimate of drug-likeness (QED) is 0.604. The fourth-order valence-electron chi connectivity index (χ4n) is 2.35. The minimum absolute atomic E-state index is 0.0739. The van der Waals surface area contributed by atoms with Gasteiger partial charge in [-0.25, -0.2) is 4.98 Å². The highest BCUT2D eigenvalue weighted by Crippen LogP contribution is 2.27. The number of aliphatic carboxylic acids is 1. The number of pyridine rings is 1. The Balaban J connectivity index is 2.36. The third-order valence-electron chi connectivity index (χ3n) is 3.40. The van der Waals surface area contributed by atoms with Crippen molar-refractivity contribution in [3.05, 3.63) is 27.9 Å². The molecule has 1 saturated heterocycles. The lowest BCUT2D eigenvalue weighted by atomic mass is 9.98. The summed E-state index contributed by atoms with van der Waals surface area (Å²) in [5.74, 6) is -2.11. The van der Waals surface area contributed by atoms with Crippen LogP contribution in [0.2, 0.25) is 0 Å². The van der Waals surface area contributed by atoms with E-state index in [1.54, 1.807) is 4.90 Å². The van der Waals surface area contributed by atoms with E-state index < -0.39 is 22.7 Å². The van der Waals surface area contributed by atoms with Gasteiger partial charge in [-0.1, -0.05) is 0 Å². The summed E-state index contributed by atoms with van der Waals surface area (Å²) in [6, 6.07) is 1.06. The van der Waals surface area contributed by atoms with Gasteiger partial charge in [0.05, 0.1) is 16.4 Å². The molecule has 1 aromatic heterocycles. The molecule has 112 valence electrons. The van der Waals surface area contributed by atoms with E-state index in [4.69, 9.17) is 10.8 Å². The maximum atomic E-state index is 11.5. The molecule has 0 radical (unpaired) electrons. The van der Waals surface area contributed by atoms with E-state index in [-0.39, 0.29) is 23.6 Å². The molecule has 2 rings (SSSR count). The number of nitro groups is 1. The zero-order chi connectivity index (χ0) is 15.6. The highest BCUT2D eigenvalue weighted by atomic mass is 16.6. The molecule has 0 aliphatic carbocycles. The number of carboxylic acid groups (broad SMARTS) is 1. The summed E-state index contributed by atoms with van der Waals surface area (Å²) in [6.45, 7) is 0.718. The van der Waals surface area contributed by atoms with Crippen LogP contribution in [0.25, 0.3) is 0 Å². The molecule has 0 saturated carbocycles. The SMILES string of the molecule is NC(=O)c1cc([N+](=O)[O-])cnc1N1CCCC(C(=O)O)C1. The number of nitrogens with two attached hydrogens (primary N) is 1. The summed E-state index contributed by atoms with van der Waals surface area (Å²) < 4.78 is 0. The van der Waals surface area contributed by atoms with Crippen molar-refractivity contribution in [2.45, 2.75) is 12.8 Å². The van der Waals surface area contributed by atoms with Crippen molar-refractivity contribution in [3.63, 3.8) is 0 Å². The van der Waals surface area contributed by atoms with E-state index in [9.17, 15) is 19.7 Å². The summed E-state index contributed by atoms with van der Waals surface area (Å²) in [5, 5.41) is 19.8. The zero-order valence-electron chi connectivity index (χ0n) is 11.1. The Morgan fingerprint density at radius 3 is 2.81 bits per heavy atom. The molecule has 1 atom stereocenters. The Morgan fingerprint density at radius 2 is 2.24 bits per heavy atom. The molecule has 1 aromatic rings. The Hall–Kier alpha value is -2.71. The lowest BCUT2D eigenvalue weighted by Crippen LogP contribution is -2.40. The van der Waals surface area contributed by atoms with Crippen LogP contribution in [0.5, 0.6) is 0 Å². The molecular weight excluding hydrogens is 280 g/mol. The van der Waals surface area contributed by atoms with Crippen LogP contribution in [0.15, 0.2) is 12.3 Å². The zero-order valence-corrected chi connectivity index (χ0v) is 11.1. The van der Waals surface area contributed by atoms with Gasteiger partial charge in [-0.05, 0) is 12.8 Å². The number of carbonyl (C=O) groups is 2. The fraction of sp³-hybridized carbons (Fsp3) is 0.417. The van der Waals surface area contributed by atoms with E-state index >= 15 is 0 Å².